The van der Waals surface area contributed by atoms with Crippen molar-refractivity contribution in [3.63, 3.8) is 0 Å². The average molecular weight is 579 g/mol. The molecule has 236 valence electrons. The molecule has 0 aliphatic carbocycles. The largest absolute Gasteiger partial charge is 0.480 e. The summed E-state index contributed by atoms with van der Waals surface area (Å²) in [7, 11) is 0. The van der Waals surface area contributed by atoms with Gasteiger partial charge in [-0.25, -0.2) is 0 Å². The SMILES string of the molecule is CCCCC(CCCC(C1CC(C)(C)N(C(C)=O)C(C)(C)C1)C1CC(C)(C)N(C(C)=O)C(C)(C)C1)(C(=O)O)C(=O)O. The number of piperidine rings is 2. The van der Waals surface area contributed by atoms with Crippen LogP contribution >= 0.6 is 0 Å². The van der Waals surface area contributed by atoms with E-state index in [0.29, 0.717) is 12.8 Å². The van der Waals surface area contributed by atoms with E-state index in [1.165, 1.54) is 0 Å². The Balaban J connectivity index is 2.51. The lowest BCUT2D eigenvalue weighted by Crippen LogP contribution is -2.65. The number of carboxylic acids is 2. The molecule has 2 aliphatic rings. The fourth-order valence-corrected chi connectivity index (χ4v) is 9.64. The maximum absolute atomic E-state index is 12.8. The van der Waals surface area contributed by atoms with Gasteiger partial charge in [0.2, 0.25) is 11.8 Å². The Morgan fingerprint density at radius 1 is 0.683 bits per heavy atom. The van der Waals surface area contributed by atoms with Crippen molar-refractivity contribution in [3.05, 3.63) is 0 Å². The maximum atomic E-state index is 12.8. The standard InChI is InChI=1S/C33H58N2O6/c1-12-13-16-33(27(38)39,28(40)41)17-14-15-26(24-18-29(4,5)34(22(2)36)30(6,7)19-24)25-20-31(8,9)35(23(3)37)32(10,11)21-25/h24-26H,12-21H2,1-11H3,(H,38,39)(H,40,41). The van der Waals surface area contributed by atoms with E-state index in [0.717, 1.165) is 38.5 Å². The zero-order chi connectivity index (χ0) is 31.8. The van der Waals surface area contributed by atoms with Crippen LogP contribution in [0.4, 0.5) is 0 Å². The molecule has 2 N–H and O–H groups in total. The van der Waals surface area contributed by atoms with Gasteiger partial charge >= 0.3 is 11.9 Å². The van der Waals surface area contributed by atoms with Crippen LogP contribution in [-0.2, 0) is 19.2 Å². The topological polar surface area (TPSA) is 115 Å². The fraction of sp³-hybridized carbons (Fsp3) is 0.879. The van der Waals surface area contributed by atoms with Crippen LogP contribution in [0.15, 0.2) is 0 Å². The number of aliphatic carboxylic acids is 2. The quantitative estimate of drug-likeness (QED) is 0.262. The third-order valence-electron chi connectivity index (χ3n) is 10.2. The number of carbonyl (C=O) groups excluding carboxylic acids is 2. The highest BCUT2D eigenvalue weighted by Gasteiger charge is 2.53. The third kappa shape index (κ3) is 7.27. The maximum Gasteiger partial charge on any atom is 0.321 e. The number of likely N-dealkylation sites (tertiary alicyclic amines) is 2. The summed E-state index contributed by atoms with van der Waals surface area (Å²) in [5, 5.41) is 20.1. The molecular weight excluding hydrogens is 520 g/mol. The van der Waals surface area contributed by atoms with E-state index in [1.54, 1.807) is 13.8 Å². The van der Waals surface area contributed by atoms with Gasteiger partial charge in [-0.2, -0.15) is 0 Å². The molecule has 2 aliphatic heterocycles. The molecule has 0 atom stereocenters. The molecule has 0 spiro atoms. The Morgan fingerprint density at radius 3 is 1.27 bits per heavy atom. The fourth-order valence-electron chi connectivity index (χ4n) is 9.64. The van der Waals surface area contributed by atoms with Gasteiger partial charge in [-0.1, -0.05) is 26.2 Å². The number of hydrogen-bond acceptors (Lipinski definition) is 4. The van der Waals surface area contributed by atoms with Crippen LogP contribution < -0.4 is 0 Å². The molecule has 2 amide bonds. The summed E-state index contributed by atoms with van der Waals surface area (Å²) in [5.41, 5.74) is -3.18. The number of nitrogens with zero attached hydrogens (tertiary/aromatic N) is 2. The molecule has 0 saturated carbocycles. The Hall–Kier alpha value is -2.12. The predicted molar refractivity (Wildman–Crippen MR) is 161 cm³/mol. The van der Waals surface area contributed by atoms with Crippen LogP contribution in [-0.4, -0.2) is 65.9 Å². The third-order valence-corrected chi connectivity index (χ3v) is 10.2. The van der Waals surface area contributed by atoms with Gasteiger partial charge in [-0.3, -0.25) is 19.2 Å². The Bertz CT molecular complexity index is 894. The molecule has 2 fully saturated rings. The van der Waals surface area contributed by atoms with E-state index >= 15 is 0 Å². The van der Waals surface area contributed by atoms with Crippen molar-refractivity contribution in [2.75, 3.05) is 0 Å². The van der Waals surface area contributed by atoms with Gasteiger partial charge in [-0.15, -0.1) is 0 Å². The van der Waals surface area contributed by atoms with Crippen molar-refractivity contribution < 1.29 is 29.4 Å². The van der Waals surface area contributed by atoms with Gasteiger partial charge in [-0.05, 0) is 118 Å². The summed E-state index contributed by atoms with van der Waals surface area (Å²) in [6, 6.07) is 0. The second-order valence-electron chi connectivity index (χ2n) is 15.6. The second-order valence-corrected chi connectivity index (χ2v) is 15.6. The van der Waals surface area contributed by atoms with Crippen molar-refractivity contribution in [2.45, 2.75) is 163 Å². The summed E-state index contributed by atoms with van der Waals surface area (Å²) in [4.78, 5) is 54.2. The van der Waals surface area contributed by atoms with Gasteiger partial charge in [0.05, 0.1) is 0 Å². The molecule has 2 heterocycles. The molecule has 2 saturated heterocycles. The molecule has 0 aromatic rings. The number of amides is 2. The number of carbonyl (C=O) groups is 4. The molecular formula is C33H58N2O6. The summed E-state index contributed by atoms with van der Waals surface area (Å²) in [6.45, 7) is 22.3. The Kier molecular flexibility index (Phi) is 10.5. The van der Waals surface area contributed by atoms with E-state index in [-0.39, 0.29) is 64.6 Å². The lowest BCUT2D eigenvalue weighted by atomic mass is 9.60. The van der Waals surface area contributed by atoms with Gasteiger partial charge < -0.3 is 20.0 Å². The van der Waals surface area contributed by atoms with Crippen molar-refractivity contribution in [1.82, 2.24) is 9.80 Å². The molecule has 2 rings (SSSR count). The Morgan fingerprint density at radius 2 is 1.00 bits per heavy atom. The first kappa shape index (κ1) is 35.1. The zero-order valence-electron chi connectivity index (χ0n) is 27.7. The van der Waals surface area contributed by atoms with Crippen LogP contribution in [0.3, 0.4) is 0 Å². The molecule has 8 heteroatoms. The zero-order valence-corrected chi connectivity index (χ0v) is 27.7. The van der Waals surface area contributed by atoms with Crippen molar-refractivity contribution in [2.24, 2.45) is 23.2 Å². The predicted octanol–water partition coefficient (Wildman–Crippen LogP) is 6.75. The van der Waals surface area contributed by atoms with E-state index in [9.17, 15) is 29.4 Å². The van der Waals surface area contributed by atoms with E-state index < -0.39 is 17.4 Å². The first-order valence-electron chi connectivity index (χ1n) is 15.6. The van der Waals surface area contributed by atoms with Crippen LogP contribution in [0, 0.1) is 23.2 Å². The highest BCUT2D eigenvalue weighted by Crippen LogP contribution is 2.52. The monoisotopic (exact) mass is 578 g/mol. The van der Waals surface area contributed by atoms with Crippen LogP contribution in [0.1, 0.15) is 140 Å². The molecule has 0 aromatic heterocycles. The van der Waals surface area contributed by atoms with Gasteiger partial charge in [0.1, 0.15) is 0 Å². The Labute approximate surface area is 248 Å². The molecule has 8 nitrogen and oxygen atoms in total. The van der Waals surface area contributed by atoms with Crippen LogP contribution in [0.2, 0.25) is 0 Å². The first-order valence-corrected chi connectivity index (χ1v) is 15.6. The lowest BCUT2D eigenvalue weighted by Gasteiger charge is -2.60. The summed E-state index contributed by atoms with van der Waals surface area (Å²) >= 11 is 0. The summed E-state index contributed by atoms with van der Waals surface area (Å²) < 4.78 is 0. The molecule has 0 aromatic carbocycles. The van der Waals surface area contributed by atoms with E-state index in [2.05, 4.69) is 55.4 Å². The minimum absolute atomic E-state index is 0.0654. The number of hydrogen-bond donors (Lipinski definition) is 2. The number of rotatable bonds is 11. The minimum atomic E-state index is -1.77. The smallest absolute Gasteiger partial charge is 0.321 e. The number of unbranched alkanes of at least 4 members (excludes halogenated alkanes) is 1. The highest BCUT2D eigenvalue weighted by molar-refractivity contribution is 5.98. The highest BCUT2D eigenvalue weighted by atomic mass is 16.4. The van der Waals surface area contributed by atoms with E-state index in [1.807, 2.05) is 16.7 Å². The van der Waals surface area contributed by atoms with Crippen molar-refractivity contribution in [1.29, 1.82) is 0 Å². The summed E-state index contributed by atoms with van der Waals surface area (Å²) in [6.07, 6.45) is 6.07. The normalized spacial score (nSPS) is 22.5. The van der Waals surface area contributed by atoms with Gasteiger partial charge in [0, 0.05) is 36.0 Å². The molecule has 0 bridgehead atoms. The van der Waals surface area contributed by atoms with E-state index in [4.69, 9.17) is 0 Å². The molecule has 41 heavy (non-hydrogen) atoms. The van der Waals surface area contributed by atoms with Crippen LogP contribution in [0.5, 0.6) is 0 Å². The average Bonchev–Trinajstić information content (AvgIpc) is 2.73. The molecule has 0 unspecified atom stereocenters. The first-order chi connectivity index (χ1) is 18.6. The summed E-state index contributed by atoms with van der Waals surface area (Å²) in [5.74, 6) is -1.60. The van der Waals surface area contributed by atoms with Crippen molar-refractivity contribution in [3.8, 4) is 0 Å². The van der Waals surface area contributed by atoms with Crippen molar-refractivity contribution >= 4 is 23.8 Å². The second kappa shape index (κ2) is 12.2. The lowest BCUT2D eigenvalue weighted by molar-refractivity contribution is -0.166. The van der Waals surface area contributed by atoms with Gasteiger partial charge in [0.15, 0.2) is 5.41 Å². The molecule has 0 radical (unpaired) electrons. The minimum Gasteiger partial charge on any atom is -0.480 e. The van der Waals surface area contributed by atoms with Crippen LogP contribution in [0.25, 0.3) is 0 Å². The van der Waals surface area contributed by atoms with Gasteiger partial charge in [0.25, 0.3) is 0 Å². The number of carboxylic acid groups (broad SMARTS) is 2.